The van der Waals surface area contributed by atoms with Gasteiger partial charge in [0.2, 0.25) is 0 Å². The second-order valence-electron chi connectivity index (χ2n) is 8.47. The average molecular weight is 397 g/mol. The zero-order chi connectivity index (χ0) is 20.5. The topological polar surface area (TPSA) is 84.7 Å². The van der Waals surface area contributed by atoms with Crippen molar-refractivity contribution in [3.63, 3.8) is 0 Å². The Morgan fingerprint density at radius 2 is 1.93 bits per heavy atom. The smallest absolute Gasteiger partial charge is 0.344 e. The quantitative estimate of drug-likeness (QED) is 0.836. The lowest BCUT2D eigenvalue weighted by atomic mass is 10.0. The number of aromatic nitrogens is 2. The number of fused-ring (bicyclic) bond motifs is 1. The number of rotatable bonds is 5. The predicted molar refractivity (Wildman–Crippen MR) is 107 cm³/mol. The monoisotopic (exact) mass is 397 g/mol. The van der Waals surface area contributed by atoms with Gasteiger partial charge in [-0.1, -0.05) is 26.0 Å². The van der Waals surface area contributed by atoms with Gasteiger partial charge in [0, 0.05) is 19.3 Å². The number of likely N-dealkylation sites (tertiary alicyclic amines) is 1. The number of carboxylic acid groups (broad SMARTS) is 1. The van der Waals surface area contributed by atoms with E-state index in [9.17, 15) is 9.59 Å². The minimum absolute atomic E-state index is 0.178. The zero-order valence-electron chi connectivity index (χ0n) is 16.8. The third kappa shape index (κ3) is 4.28. The molecule has 1 saturated carbocycles. The van der Waals surface area contributed by atoms with Crippen molar-refractivity contribution >= 4 is 12.0 Å². The molecule has 1 aromatic heterocycles. The number of aliphatic carboxylic acids is 1. The van der Waals surface area contributed by atoms with Crippen LogP contribution in [-0.2, 0) is 11.2 Å². The second-order valence-corrected chi connectivity index (χ2v) is 8.47. The van der Waals surface area contributed by atoms with E-state index >= 15 is 0 Å². The van der Waals surface area contributed by atoms with Crippen LogP contribution in [0.15, 0.2) is 36.5 Å². The molecule has 7 nitrogen and oxygen atoms in total. The molecule has 29 heavy (non-hydrogen) atoms. The first-order valence-corrected chi connectivity index (χ1v) is 10.2. The van der Waals surface area contributed by atoms with Gasteiger partial charge < -0.3 is 14.7 Å². The van der Waals surface area contributed by atoms with E-state index in [-0.39, 0.29) is 18.6 Å². The van der Waals surface area contributed by atoms with Crippen molar-refractivity contribution in [1.82, 2.24) is 14.7 Å². The first-order chi connectivity index (χ1) is 13.9. The first-order valence-electron chi connectivity index (χ1n) is 10.2. The second kappa shape index (κ2) is 7.89. The molecule has 0 bridgehead atoms. The molecular weight excluding hydrogens is 370 g/mol. The maximum Gasteiger partial charge on any atom is 0.344 e. The summed E-state index contributed by atoms with van der Waals surface area (Å²) in [5, 5.41) is 13.0. The lowest BCUT2D eigenvalue weighted by Crippen LogP contribution is -2.34. The summed E-state index contributed by atoms with van der Waals surface area (Å²) in [4.78, 5) is 25.3. The highest BCUT2D eigenvalue weighted by Crippen LogP contribution is 2.40. The van der Waals surface area contributed by atoms with Crippen LogP contribution in [0.1, 0.15) is 43.9 Å². The van der Waals surface area contributed by atoms with Crippen molar-refractivity contribution in [1.29, 1.82) is 0 Å². The summed E-state index contributed by atoms with van der Waals surface area (Å²) in [6, 6.07) is 9.71. The van der Waals surface area contributed by atoms with Crippen molar-refractivity contribution in [2.24, 2.45) is 11.8 Å². The minimum Gasteiger partial charge on any atom is -0.490 e. The number of nitrogens with zero attached hydrogens (tertiary/aromatic N) is 3. The molecule has 2 fully saturated rings. The number of carbonyl (C=O) groups is 2. The number of hydrogen-bond acceptors (Lipinski definition) is 4. The van der Waals surface area contributed by atoms with Crippen molar-refractivity contribution in [3.8, 4) is 5.75 Å². The molecule has 1 N–H and O–H groups in total. The summed E-state index contributed by atoms with van der Waals surface area (Å²) in [5.74, 6) is 1.32. The summed E-state index contributed by atoms with van der Waals surface area (Å²) in [6.45, 7) is 5.75. The van der Waals surface area contributed by atoms with Crippen molar-refractivity contribution < 1.29 is 19.4 Å². The van der Waals surface area contributed by atoms with Gasteiger partial charge in [0.15, 0.2) is 0 Å². The average Bonchev–Trinajstić information content (AvgIpc) is 3.36. The van der Waals surface area contributed by atoms with Gasteiger partial charge in [-0.3, -0.25) is 4.79 Å². The van der Waals surface area contributed by atoms with Crippen LogP contribution in [0.5, 0.6) is 5.75 Å². The van der Waals surface area contributed by atoms with Gasteiger partial charge in [-0.2, -0.15) is 9.78 Å². The fourth-order valence-corrected chi connectivity index (χ4v) is 4.50. The van der Waals surface area contributed by atoms with Gasteiger partial charge in [0.1, 0.15) is 5.75 Å². The SMILES string of the molecule is CC(C)c1cccc(OC2C[C@@H]3CN(C(=O)n4ccc(CC(=O)O)n4)C[C@@H]3C2)c1. The molecule has 1 unspecified atom stereocenters. The Morgan fingerprint density at radius 3 is 2.59 bits per heavy atom. The standard InChI is InChI=1S/C22H27N3O4/c1-14(2)15-4-3-5-19(8-15)29-20-9-16-12-24(13-17(16)10-20)22(28)25-7-6-18(23-25)11-21(26)27/h3-8,14,16-17,20H,9-13H2,1-2H3,(H,26,27)/t16-,17+,20?. The van der Waals surface area contributed by atoms with E-state index in [2.05, 4.69) is 31.1 Å². The van der Waals surface area contributed by atoms with Gasteiger partial charge >= 0.3 is 12.0 Å². The fourth-order valence-electron chi connectivity index (χ4n) is 4.50. The fraction of sp³-hybridized carbons (Fsp3) is 0.500. The normalized spacial score (nSPS) is 23.4. The highest BCUT2D eigenvalue weighted by molar-refractivity contribution is 5.76. The molecule has 7 heteroatoms. The minimum atomic E-state index is -0.955. The molecule has 1 saturated heterocycles. The molecule has 2 heterocycles. The van der Waals surface area contributed by atoms with E-state index in [1.165, 1.54) is 10.2 Å². The van der Waals surface area contributed by atoms with E-state index in [4.69, 9.17) is 9.84 Å². The maximum absolute atomic E-state index is 12.7. The summed E-state index contributed by atoms with van der Waals surface area (Å²) < 4.78 is 7.50. The number of amides is 1. The van der Waals surface area contributed by atoms with Crippen LogP contribution in [-0.4, -0.2) is 51.0 Å². The van der Waals surface area contributed by atoms with Crippen LogP contribution in [0.4, 0.5) is 4.79 Å². The Labute approximate surface area is 170 Å². The molecule has 4 rings (SSSR count). The van der Waals surface area contributed by atoms with Crippen molar-refractivity contribution in [3.05, 3.63) is 47.8 Å². The van der Waals surface area contributed by atoms with Gasteiger partial charge in [0.05, 0.1) is 18.2 Å². The molecule has 2 aromatic rings. The van der Waals surface area contributed by atoms with E-state index in [0.717, 1.165) is 18.6 Å². The highest BCUT2D eigenvalue weighted by Gasteiger charge is 2.43. The van der Waals surface area contributed by atoms with Gasteiger partial charge in [-0.05, 0) is 54.4 Å². The molecular formula is C22H27N3O4. The Balaban J connectivity index is 1.33. The number of hydrogen-bond donors (Lipinski definition) is 1. The van der Waals surface area contributed by atoms with Crippen LogP contribution in [0.2, 0.25) is 0 Å². The number of ether oxygens (including phenoxy) is 1. The third-order valence-electron chi connectivity index (χ3n) is 5.98. The highest BCUT2D eigenvalue weighted by atomic mass is 16.5. The van der Waals surface area contributed by atoms with E-state index in [1.54, 1.807) is 12.3 Å². The Bertz CT molecular complexity index is 893. The van der Waals surface area contributed by atoms with Crippen LogP contribution in [0, 0.1) is 11.8 Å². The van der Waals surface area contributed by atoms with Gasteiger partial charge in [-0.25, -0.2) is 4.79 Å². The third-order valence-corrected chi connectivity index (χ3v) is 5.98. The summed E-state index contributed by atoms with van der Waals surface area (Å²) in [5.41, 5.74) is 1.67. The van der Waals surface area contributed by atoms with Crippen LogP contribution in [0.25, 0.3) is 0 Å². The first kappa shape index (κ1) is 19.5. The molecule has 0 radical (unpaired) electrons. The summed E-state index contributed by atoms with van der Waals surface area (Å²) >= 11 is 0. The van der Waals surface area contributed by atoms with E-state index < -0.39 is 5.97 Å². The summed E-state index contributed by atoms with van der Waals surface area (Å²) in [6.07, 6.45) is 3.45. The maximum atomic E-state index is 12.7. The molecule has 1 aliphatic heterocycles. The molecule has 154 valence electrons. The van der Waals surface area contributed by atoms with Crippen molar-refractivity contribution in [2.45, 2.75) is 45.1 Å². The van der Waals surface area contributed by atoms with E-state index in [1.807, 2.05) is 17.0 Å². The number of carbonyl (C=O) groups excluding carboxylic acids is 1. The lowest BCUT2D eigenvalue weighted by Gasteiger charge is -2.20. The number of carboxylic acids is 1. The zero-order valence-corrected chi connectivity index (χ0v) is 16.8. The number of benzene rings is 1. The Morgan fingerprint density at radius 1 is 1.21 bits per heavy atom. The van der Waals surface area contributed by atoms with Crippen LogP contribution >= 0.6 is 0 Å². The molecule has 1 aliphatic carbocycles. The molecule has 3 atom stereocenters. The molecule has 1 aromatic carbocycles. The van der Waals surface area contributed by atoms with E-state index in [0.29, 0.717) is 36.5 Å². The predicted octanol–water partition coefficient (Wildman–Crippen LogP) is 3.39. The largest absolute Gasteiger partial charge is 0.490 e. The van der Waals surface area contributed by atoms with Crippen LogP contribution in [0.3, 0.4) is 0 Å². The van der Waals surface area contributed by atoms with Gasteiger partial charge in [0.25, 0.3) is 0 Å². The molecule has 2 aliphatic rings. The molecule has 1 amide bonds. The summed E-state index contributed by atoms with van der Waals surface area (Å²) in [7, 11) is 0. The van der Waals surface area contributed by atoms with Crippen molar-refractivity contribution in [2.75, 3.05) is 13.1 Å². The lowest BCUT2D eigenvalue weighted by molar-refractivity contribution is -0.136. The molecule has 0 spiro atoms. The Hall–Kier alpha value is -2.83. The Kier molecular flexibility index (Phi) is 5.30. The van der Waals surface area contributed by atoms with Crippen LogP contribution < -0.4 is 4.74 Å². The van der Waals surface area contributed by atoms with Gasteiger partial charge in [-0.15, -0.1) is 0 Å².